The number of hydrogen-bond acceptors (Lipinski definition) is 7. The van der Waals surface area contributed by atoms with E-state index in [4.69, 9.17) is 4.74 Å². The Morgan fingerprint density at radius 2 is 2.19 bits per heavy atom. The lowest BCUT2D eigenvalue weighted by atomic mass is 10.2. The number of esters is 1. The number of nitrogens with zero attached hydrogens (tertiary/aromatic N) is 3. The number of amides is 1. The summed E-state index contributed by atoms with van der Waals surface area (Å²) in [6, 6.07) is 0. The van der Waals surface area contributed by atoms with Gasteiger partial charge in [-0.15, -0.1) is 11.3 Å². The van der Waals surface area contributed by atoms with Crippen molar-refractivity contribution in [2.24, 2.45) is 0 Å². The number of rotatable bonds is 7. The third kappa shape index (κ3) is 4.55. The highest BCUT2D eigenvalue weighted by molar-refractivity contribution is 7.20. The molecule has 2 aromatic heterocycles. The summed E-state index contributed by atoms with van der Waals surface area (Å²) in [5, 5.41) is 4.22. The number of carbonyl (C=O) groups excluding carboxylic acids is 2. The quantitative estimate of drug-likeness (QED) is 0.576. The molecule has 0 atom stereocenters. The molecule has 7 nitrogen and oxygen atoms in total. The van der Waals surface area contributed by atoms with Gasteiger partial charge >= 0.3 is 5.97 Å². The molecule has 0 saturated carbocycles. The first kappa shape index (κ1) is 19.5. The molecule has 1 amide bonds. The van der Waals surface area contributed by atoms with Crippen molar-refractivity contribution in [3.8, 4) is 0 Å². The summed E-state index contributed by atoms with van der Waals surface area (Å²) in [6.07, 6.45) is 6.27. The standard InChI is InChI=1S/C19H26N4O3S/c1-3-26-19(25)16-13(2)15-17(21-12-22-18(15)27-16)20-9-7-11-23-10-6-4-5-8-14(23)24/h12H,3-11H2,1-2H3,(H,20,21,22). The molecule has 2 aromatic rings. The number of fused-ring (bicyclic) bond motifs is 1. The summed E-state index contributed by atoms with van der Waals surface area (Å²) in [5.41, 5.74) is 0.847. The van der Waals surface area contributed by atoms with Crippen molar-refractivity contribution in [2.75, 3.05) is 31.6 Å². The van der Waals surface area contributed by atoms with Crippen molar-refractivity contribution in [1.82, 2.24) is 14.9 Å². The molecule has 1 saturated heterocycles. The van der Waals surface area contributed by atoms with Crippen LogP contribution in [0, 0.1) is 6.92 Å². The molecule has 0 aromatic carbocycles. The van der Waals surface area contributed by atoms with Crippen LogP contribution in [0.4, 0.5) is 5.82 Å². The maximum Gasteiger partial charge on any atom is 0.348 e. The van der Waals surface area contributed by atoms with Crippen LogP contribution in [-0.4, -0.2) is 53.0 Å². The van der Waals surface area contributed by atoms with Crippen LogP contribution < -0.4 is 5.32 Å². The van der Waals surface area contributed by atoms with Gasteiger partial charge in [0.2, 0.25) is 5.91 Å². The highest BCUT2D eigenvalue weighted by Crippen LogP contribution is 2.33. The van der Waals surface area contributed by atoms with E-state index >= 15 is 0 Å². The van der Waals surface area contributed by atoms with Gasteiger partial charge in [-0.2, -0.15) is 0 Å². The molecule has 1 N–H and O–H groups in total. The Morgan fingerprint density at radius 1 is 1.33 bits per heavy atom. The van der Waals surface area contributed by atoms with E-state index in [-0.39, 0.29) is 11.9 Å². The number of likely N-dealkylation sites (tertiary alicyclic amines) is 1. The molecule has 27 heavy (non-hydrogen) atoms. The summed E-state index contributed by atoms with van der Waals surface area (Å²) in [5.74, 6) is 0.680. The van der Waals surface area contributed by atoms with Gasteiger partial charge in [0.25, 0.3) is 0 Å². The topological polar surface area (TPSA) is 84.4 Å². The van der Waals surface area contributed by atoms with E-state index in [1.807, 2.05) is 11.8 Å². The van der Waals surface area contributed by atoms with E-state index in [9.17, 15) is 9.59 Å². The Kier molecular flexibility index (Phi) is 6.60. The van der Waals surface area contributed by atoms with Crippen LogP contribution in [0.2, 0.25) is 0 Å². The van der Waals surface area contributed by atoms with Crippen LogP contribution in [0.1, 0.15) is 54.3 Å². The van der Waals surface area contributed by atoms with Gasteiger partial charge in [0.1, 0.15) is 21.9 Å². The zero-order valence-corrected chi connectivity index (χ0v) is 16.7. The van der Waals surface area contributed by atoms with Crippen molar-refractivity contribution in [3.05, 3.63) is 16.8 Å². The molecule has 0 spiro atoms. The van der Waals surface area contributed by atoms with Gasteiger partial charge < -0.3 is 15.0 Å². The summed E-state index contributed by atoms with van der Waals surface area (Å²) in [4.78, 5) is 36.1. The van der Waals surface area contributed by atoms with Gasteiger partial charge in [-0.25, -0.2) is 14.8 Å². The van der Waals surface area contributed by atoms with Gasteiger partial charge in [-0.1, -0.05) is 6.42 Å². The molecule has 8 heteroatoms. The van der Waals surface area contributed by atoms with Crippen molar-refractivity contribution in [3.63, 3.8) is 0 Å². The van der Waals surface area contributed by atoms with E-state index in [0.717, 1.165) is 60.4 Å². The molecule has 1 fully saturated rings. The molecule has 0 unspecified atom stereocenters. The van der Waals surface area contributed by atoms with Gasteiger partial charge in [0.05, 0.1) is 12.0 Å². The van der Waals surface area contributed by atoms with Crippen LogP contribution in [0.25, 0.3) is 10.2 Å². The fourth-order valence-electron chi connectivity index (χ4n) is 3.35. The smallest absolute Gasteiger partial charge is 0.348 e. The van der Waals surface area contributed by atoms with Crippen molar-refractivity contribution in [1.29, 1.82) is 0 Å². The predicted octanol–water partition coefficient (Wildman–Crippen LogP) is 3.38. The second-order valence-electron chi connectivity index (χ2n) is 6.65. The molecule has 0 bridgehead atoms. The Hall–Kier alpha value is -2.22. The Bertz CT molecular complexity index is 821. The number of ether oxygens (including phenoxy) is 1. The normalized spacial score (nSPS) is 15.0. The van der Waals surface area contributed by atoms with E-state index in [1.165, 1.54) is 17.7 Å². The summed E-state index contributed by atoms with van der Waals surface area (Å²) in [6.45, 7) is 6.37. The fourth-order valence-corrected chi connectivity index (χ4v) is 4.39. The number of carbonyl (C=O) groups is 2. The lowest BCUT2D eigenvalue weighted by molar-refractivity contribution is -0.130. The van der Waals surface area contributed by atoms with E-state index < -0.39 is 0 Å². The maximum absolute atomic E-state index is 12.1. The second kappa shape index (κ2) is 9.12. The average Bonchev–Trinajstić information content (AvgIpc) is 2.86. The first-order valence-corrected chi connectivity index (χ1v) is 10.4. The zero-order valence-electron chi connectivity index (χ0n) is 15.9. The predicted molar refractivity (Wildman–Crippen MR) is 106 cm³/mol. The van der Waals surface area contributed by atoms with Gasteiger partial charge in [0, 0.05) is 26.1 Å². The second-order valence-corrected chi connectivity index (χ2v) is 7.65. The number of aryl methyl sites for hydroxylation is 1. The fraction of sp³-hybridized carbons (Fsp3) is 0.579. The van der Waals surface area contributed by atoms with Gasteiger partial charge in [-0.3, -0.25) is 4.79 Å². The number of hydrogen-bond donors (Lipinski definition) is 1. The minimum atomic E-state index is -0.316. The van der Waals surface area contributed by atoms with E-state index in [1.54, 1.807) is 6.92 Å². The molecule has 0 radical (unpaired) electrons. The highest BCUT2D eigenvalue weighted by atomic mass is 32.1. The van der Waals surface area contributed by atoms with Crippen LogP contribution in [0.15, 0.2) is 6.33 Å². The molecule has 3 heterocycles. The van der Waals surface area contributed by atoms with E-state index in [0.29, 0.717) is 24.4 Å². The lowest BCUT2D eigenvalue weighted by Gasteiger charge is -2.20. The molecular formula is C19H26N4O3S. The average molecular weight is 391 g/mol. The van der Waals surface area contributed by atoms with Crippen LogP contribution in [0.3, 0.4) is 0 Å². The molecule has 146 valence electrons. The summed E-state index contributed by atoms with van der Waals surface area (Å²) >= 11 is 1.33. The lowest BCUT2D eigenvalue weighted by Crippen LogP contribution is -2.32. The Labute approximate surface area is 163 Å². The number of anilines is 1. The summed E-state index contributed by atoms with van der Waals surface area (Å²) < 4.78 is 5.13. The van der Waals surface area contributed by atoms with Gasteiger partial charge in [-0.05, 0) is 38.7 Å². The first-order valence-electron chi connectivity index (χ1n) is 9.54. The number of thiophene rings is 1. The molecule has 1 aliphatic rings. The third-order valence-electron chi connectivity index (χ3n) is 4.76. The minimum absolute atomic E-state index is 0.268. The highest BCUT2D eigenvalue weighted by Gasteiger charge is 2.20. The minimum Gasteiger partial charge on any atom is -0.462 e. The van der Waals surface area contributed by atoms with Crippen LogP contribution in [-0.2, 0) is 9.53 Å². The van der Waals surface area contributed by atoms with Crippen molar-refractivity contribution in [2.45, 2.75) is 46.0 Å². The van der Waals surface area contributed by atoms with Gasteiger partial charge in [0.15, 0.2) is 0 Å². The van der Waals surface area contributed by atoms with Crippen LogP contribution in [0.5, 0.6) is 0 Å². The van der Waals surface area contributed by atoms with E-state index in [2.05, 4.69) is 15.3 Å². The SMILES string of the molecule is CCOC(=O)c1sc2ncnc(NCCCN3CCCCCC3=O)c2c1C. The number of aromatic nitrogens is 2. The first-order chi connectivity index (χ1) is 13.1. The largest absolute Gasteiger partial charge is 0.462 e. The Morgan fingerprint density at radius 3 is 3.00 bits per heavy atom. The number of nitrogens with one attached hydrogen (secondary N) is 1. The summed E-state index contributed by atoms with van der Waals surface area (Å²) in [7, 11) is 0. The third-order valence-corrected chi connectivity index (χ3v) is 5.94. The monoisotopic (exact) mass is 390 g/mol. The van der Waals surface area contributed by atoms with Crippen molar-refractivity contribution < 1.29 is 14.3 Å². The maximum atomic E-state index is 12.1. The molecule has 0 aliphatic carbocycles. The Balaban J connectivity index is 1.64. The molecule has 1 aliphatic heterocycles. The molecule has 3 rings (SSSR count). The van der Waals surface area contributed by atoms with Crippen molar-refractivity contribution >= 4 is 39.2 Å². The zero-order chi connectivity index (χ0) is 19.2. The molecular weight excluding hydrogens is 364 g/mol. The van der Waals surface area contributed by atoms with Crippen LogP contribution >= 0.6 is 11.3 Å².